The molecule has 0 aromatic carbocycles. The van der Waals surface area contributed by atoms with Crippen molar-refractivity contribution in [2.45, 2.75) is 38.6 Å². The lowest BCUT2D eigenvalue weighted by Crippen LogP contribution is -2.27. The second-order valence-corrected chi connectivity index (χ2v) is 4.82. The molecule has 0 atom stereocenters. The first-order valence-corrected chi connectivity index (χ1v) is 6.13. The van der Waals surface area contributed by atoms with Crippen LogP contribution in [-0.2, 0) is 6.54 Å². The summed E-state index contributed by atoms with van der Waals surface area (Å²) in [6, 6.07) is 3.86. The number of aromatic nitrogens is 3. The van der Waals surface area contributed by atoms with Crippen molar-refractivity contribution in [3.8, 4) is 0 Å². The highest BCUT2D eigenvalue weighted by Crippen LogP contribution is 2.25. The summed E-state index contributed by atoms with van der Waals surface area (Å²) in [6.07, 6.45) is 8.82. The lowest BCUT2D eigenvalue weighted by atomic mass is 9.89. The molecule has 1 aliphatic rings. The Balaban J connectivity index is 1.76. The molecule has 0 aliphatic heterocycles. The van der Waals surface area contributed by atoms with Gasteiger partial charge in [-0.25, -0.2) is 4.52 Å². The van der Waals surface area contributed by atoms with E-state index in [-0.39, 0.29) is 0 Å². The largest absolute Gasteiger partial charge is 0.226 e. The van der Waals surface area contributed by atoms with Gasteiger partial charge in [-0.1, -0.05) is 30.8 Å². The van der Waals surface area contributed by atoms with Gasteiger partial charge in [0.25, 0.3) is 0 Å². The van der Waals surface area contributed by atoms with Crippen molar-refractivity contribution in [3.63, 3.8) is 0 Å². The van der Waals surface area contributed by atoms with Gasteiger partial charge in [0.1, 0.15) is 7.85 Å². The van der Waals surface area contributed by atoms with Crippen molar-refractivity contribution in [2.24, 2.45) is 5.92 Å². The fourth-order valence-corrected chi connectivity index (χ4v) is 2.62. The van der Waals surface area contributed by atoms with Crippen LogP contribution in [0.3, 0.4) is 0 Å². The average Bonchev–Trinajstić information content (AvgIpc) is 2.30. The molecule has 2 aromatic rings. The predicted molar refractivity (Wildman–Crippen MR) is 65.1 cm³/mol. The Morgan fingerprint density at radius 1 is 1.25 bits per heavy atom. The quantitative estimate of drug-likeness (QED) is 0.693. The molecule has 0 unspecified atom stereocenters. The summed E-state index contributed by atoms with van der Waals surface area (Å²) in [5.41, 5.74) is 1.80. The number of hydrogen-bond donors (Lipinski definition) is 0. The summed E-state index contributed by atoms with van der Waals surface area (Å²) in [5.74, 6) is 0.805. The van der Waals surface area contributed by atoms with Gasteiger partial charge < -0.3 is 0 Å². The second-order valence-electron chi connectivity index (χ2n) is 4.82. The number of nitrogens with zero attached hydrogens (tertiary/aromatic N) is 3. The van der Waals surface area contributed by atoms with E-state index in [1.165, 1.54) is 32.1 Å². The minimum Gasteiger partial charge on any atom is -0.226 e. The van der Waals surface area contributed by atoms with E-state index in [0.29, 0.717) is 0 Å². The molecule has 0 amide bonds. The molecule has 82 valence electrons. The highest BCUT2D eigenvalue weighted by atomic mass is 15.6. The van der Waals surface area contributed by atoms with E-state index in [4.69, 9.17) is 7.85 Å². The number of hydrogen-bond acceptors (Lipinski definition) is 1. The highest BCUT2D eigenvalue weighted by molar-refractivity contribution is 6.32. The summed E-state index contributed by atoms with van der Waals surface area (Å²) in [6.45, 7) is 1.04. The summed E-state index contributed by atoms with van der Waals surface area (Å²) in [5, 5.41) is 4.46. The van der Waals surface area contributed by atoms with Crippen LogP contribution >= 0.6 is 0 Å². The minimum atomic E-state index is 0.798. The third kappa shape index (κ3) is 1.77. The molecule has 0 saturated heterocycles. The second kappa shape index (κ2) is 4.00. The third-order valence-corrected chi connectivity index (χ3v) is 3.54. The van der Waals surface area contributed by atoms with Crippen LogP contribution in [0.5, 0.6) is 0 Å². The zero-order chi connectivity index (χ0) is 11.0. The molecule has 16 heavy (non-hydrogen) atoms. The van der Waals surface area contributed by atoms with Gasteiger partial charge in [0.05, 0.1) is 6.54 Å². The molecule has 2 heterocycles. The minimum absolute atomic E-state index is 0.798. The van der Waals surface area contributed by atoms with E-state index < -0.39 is 0 Å². The van der Waals surface area contributed by atoms with Crippen molar-refractivity contribution in [1.29, 1.82) is 0 Å². The smallest absolute Gasteiger partial charge is 0.174 e. The Kier molecular flexibility index (Phi) is 2.50. The summed E-state index contributed by atoms with van der Waals surface area (Å²) < 4.78 is 2.06. The lowest BCUT2D eigenvalue weighted by molar-refractivity contribution is 0.273. The first kappa shape index (κ1) is 10.0. The Morgan fingerprint density at radius 3 is 2.88 bits per heavy atom. The normalized spacial score (nSPS) is 18.2. The van der Waals surface area contributed by atoms with Gasteiger partial charge >= 0.3 is 0 Å². The molecule has 0 N–H and O–H groups in total. The molecule has 1 fully saturated rings. The molecule has 2 aromatic heterocycles. The summed E-state index contributed by atoms with van der Waals surface area (Å²) >= 11 is 0. The Hall–Kier alpha value is -1.19. The number of fused-ring (bicyclic) bond motifs is 1. The summed E-state index contributed by atoms with van der Waals surface area (Å²) in [7, 11) is 5.77. The van der Waals surface area contributed by atoms with E-state index in [9.17, 15) is 0 Å². The highest BCUT2D eigenvalue weighted by Gasteiger charge is 2.16. The SMILES string of the molecule is [B]c1ccc2nn(CC3CCCCC3)n2c1. The van der Waals surface area contributed by atoms with E-state index in [2.05, 4.69) is 9.61 Å². The van der Waals surface area contributed by atoms with E-state index in [1.54, 1.807) is 0 Å². The van der Waals surface area contributed by atoms with Crippen LogP contribution in [0.15, 0.2) is 18.3 Å². The molecular formula is C12H16BN3. The molecule has 1 aliphatic carbocycles. The van der Waals surface area contributed by atoms with Gasteiger partial charge in [-0.3, -0.25) is 0 Å². The van der Waals surface area contributed by atoms with Crippen LogP contribution in [0.4, 0.5) is 0 Å². The predicted octanol–water partition coefficient (Wildman–Crippen LogP) is 1.51. The first-order valence-electron chi connectivity index (χ1n) is 6.13. The van der Waals surface area contributed by atoms with Crippen LogP contribution in [-0.4, -0.2) is 22.3 Å². The van der Waals surface area contributed by atoms with Crippen LogP contribution in [0.25, 0.3) is 5.65 Å². The maximum absolute atomic E-state index is 5.77. The summed E-state index contributed by atoms with van der Waals surface area (Å²) in [4.78, 5) is 2.04. The van der Waals surface area contributed by atoms with Crippen LogP contribution in [0, 0.1) is 5.92 Å². The van der Waals surface area contributed by atoms with Gasteiger partial charge in [0.15, 0.2) is 5.65 Å². The Labute approximate surface area is 96.8 Å². The Morgan fingerprint density at radius 2 is 2.06 bits per heavy atom. The third-order valence-electron chi connectivity index (χ3n) is 3.54. The zero-order valence-electron chi connectivity index (χ0n) is 9.47. The van der Waals surface area contributed by atoms with Crippen LogP contribution in [0.1, 0.15) is 32.1 Å². The molecule has 2 radical (unpaired) electrons. The van der Waals surface area contributed by atoms with Crippen molar-refractivity contribution in [3.05, 3.63) is 18.3 Å². The molecular weight excluding hydrogens is 197 g/mol. The van der Waals surface area contributed by atoms with Gasteiger partial charge in [-0.2, -0.15) is 4.80 Å². The molecule has 3 rings (SSSR count). The zero-order valence-corrected chi connectivity index (χ0v) is 9.47. The average molecular weight is 213 g/mol. The maximum atomic E-state index is 5.77. The van der Waals surface area contributed by atoms with Gasteiger partial charge in [-0.05, 0) is 24.8 Å². The fraction of sp³-hybridized carbons (Fsp3) is 0.583. The van der Waals surface area contributed by atoms with Gasteiger partial charge in [0, 0.05) is 6.20 Å². The lowest BCUT2D eigenvalue weighted by Gasteiger charge is -2.25. The van der Waals surface area contributed by atoms with Gasteiger partial charge in [-0.15, -0.1) is 5.10 Å². The molecule has 4 heteroatoms. The van der Waals surface area contributed by atoms with Crippen molar-refractivity contribution in [1.82, 2.24) is 14.4 Å². The van der Waals surface area contributed by atoms with Crippen molar-refractivity contribution in [2.75, 3.05) is 0 Å². The number of rotatable bonds is 2. The molecule has 0 bridgehead atoms. The maximum Gasteiger partial charge on any atom is 0.174 e. The van der Waals surface area contributed by atoms with E-state index in [0.717, 1.165) is 23.6 Å². The van der Waals surface area contributed by atoms with Crippen LogP contribution in [0.2, 0.25) is 0 Å². The van der Waals surface area contributed by atoms with Crippen LogP contribution < -0.4 is 5.46 Å². The standard InChI is InChI=1S/C12H16BN3/c13-11-6-7-12-14-16(15(12)9-11)8-10-4-2-1-3-5-10/h6-7,9-10H,1-5,8H2. The Bertz CT molecular complexity index is 479. The van der Waals surface area contributed by atoms with Crippen molar-refractivity contribution >= 4 is 19.0 Å². The van der Waals surface area contributed by atoms with E-state index in [1.807, 2.05) is 23.1 Å². The van der Waals surface area contributed by atoms with E-state index >= 15 is 0 Å². The molecule has 0 spiro atoms. The van der Waals surface area contributed by atoms with Gasteiger partial charge in [0.2, 0.25) is 0 Å². The van der Waals surface area contributed by atoms with Crippen molar-refractivity contribution < 1.29 is 0 Å². The topological polar surface area (TPSA) is 22.2 Å². The molecule has 3 nitrogen and oxygen atoms in total. The fourth-order valence-electron chi connectivity index (χ4n) is 2.62. The number of pyridine rings is 1. The first-order chi connectivity index (χ1) is 7.83. The monoisotopic (exact) mass is 213 g/mol. The molecule has 1 saturated carbocycles.